The summed E-state index contributed by atoms with van der Waals surface area (Å²) in [6.45, 7) is 4.48. The van der Waals surface area contributed by atoms with Gasteiger partial charge in [0, 0.05) is 16.3 Å². The van der Waals surface area contributed by atoms with Crippen molar-refractivity contribution in [2.45, 2.75) is 25.6 Å². The maximum atomic E-state index is 13.7. The Morgan fingerprint density at radius 2 is 2.00 bits per heavy atom. The van der Waals surface area contributed by atoms with Crippen LogP contribution in [0.5, 0.6) is 5.75 Å². The second-order valence-electron chi connectivity index (χ2n) is 5.48. The molecule has 0 aliphatic heterocycles. The van der Waals surface area contributed by atoms with Crippen molar-refractivity contribution in [1.82, 2.24) is 5.32 Å². The second-order valence-corrected chi connectivity index (χ2v) is 6.88. The third-order valence-corrected chi connectivity index (χ3v) is 4.92. The maximum Gasteiger partial charge on any atom is 0.230 e. The van der Waals surface area contributed by atoms with E-state index in [-0.39, 0.29) is 23.5 Å². The predicted molar refractivity (Wildman–Crippen MR) is 102 cm³/mol. The van der Waals surface area contributed by atoms with Gasteiger partial charge in [0.15, 0.2) is 0 Å². The lowest BCUT2D eigenvalue weighted by Gasteiger charge is -2.15. The number of ether oxygens (including phenoxy) is 1. The van der Waals surface area contributed by atoms with Crippen molar-refractivity contribution in [2.75, 3.05) is 12.4 Å². The van der Waals surface area contributed by atoms with Crippen LogP contribution in [0.4, 0.5) is 4.39 Å². The number of nitrogens with one attached hydrogen (secondary N) is 1. The molecule has 1 amide bonds. The first-order chi connectivity index (χ1) is 12.0. The summed E-state index contributed by atoms with van der Waals surface area (Å²) >= 11 is 7.31. The summed E-state index contributed by atoms with van der Waals surface area (Å²) in [5.74, 6) is 0.965. The number of benzene rings is 2. The van der Waals surface area contributed by atoms with Crippen LogP contribution in [0.25, 0.3) is 0 Å². The van der Waals surface area contributed by atoms with Crippen LogP contribution in [-0.2, 0) is 10.5 Å². The molecule has 0 radical (unpaired) electrons. The number of halogens is 2. The number of hydrogen-bond donors (Lipinski definition) is 1. The molecule has 0 saturated heterocycles. The summed E-state index contributed by atoms with van der Waals surface area (Å²) in [4.78, 5) is 12.1. The normalized spacial score (nSPS) is 11.8. The molecule has 6 heteroatoms. The first kappa shape index (κ1) is 19.6. The van der Waals surface area contributed by atoms with Gasteiger partial charge in [0.1, 0.15) is 11.6 Å². The molecular formula is C19H21ClFNO2S. The Balaban J connectivity index is 1.81. The van der Waals surface area contributed by atoms with Crippen LogP contribution in [-0.4, -0.2) is 18.3 Å². The fourth-order valence-electron chi connectivity index (χ4n) is 2.30. The number of rotatable bonds is 8. The van der Waals surface area contributed by atoms with Crippen molar-refractivity contribution >= 4 is 29.3 Å². The lowest BCUT2D eigenvalue weighted by molar-refractivity contribution is -0.119. The Hall–Kier alpha value is -1.72. The van der Waals surface area contributed by atoms with E-state index in [2.05, 4.69) is 5.32 Å². The summed E-state index contributed by atoms with van der Waals surface area (Å²) in [6, 6.07) is 12.1. The van der Waals surface area contributed by atoms with Gasteiger partial charge in [-0.05, 0) is 43.7 Å². The number of carbonyl (C=O) groups excluding carboxylic acids is 1. The summed E-state index contributed by atoms with van der Waals surface area (Å²) in [5.41, 5.74) is 1.43. The third-order valence-electron chi connectivity index (χ3n) is 3.61. The van der Waals surface area contributed by atoms with Gasteiger partial charge in [0.25, 0.3) is 0 Å². The molecule has 0 spiro atoms. The molecule has 3 nitrogen and oxygen atoms in total. The van der Waals surface area contributed by atoms with E-state index in [4.69, 9.17) is 16.3 Å². The van der Waals surface area contributed by atoms with Gasteiger partial charge in [-0.15, -0.1) is 11.8 Å². The van der Waals surface area contributed by atoms with Crippen molar-refractivity contribution < 1.29 is 13.9 Å². The third kappa shape index (κ3) is 5.94. The van der Waals surface area contributed by atoms with Crippen LogP contribution in [0.2, 0.25) is 5.02 Å². The van der Waals surface area contributed by atoms with E-state index in [9.17, 15) is 9.18 Å². The molecule has 0 aromatic heterocycles. The van der Waals surface area contributed by atoms with E-state index in [0.29, 0.717) is 22.9 Å². The minimum absolute atomic E-state index is 0.0983. The number of hydrogen-bond acceptors (Lipinski definition) is 3. The summed E-state index contributed by atoms with van der Waals surface area (Å²) in [6.07, 6.45) is 0. The van der Waals surface area contributed by atoms with Gasteiger partial charge in [0.05, 0.1) is 18.4 Å². The highest BCUT2D eigenvalue weighted by atomic mass is 35.5. The maximum absolute atomic E-state index is 13.7. The van der Waals surface area contributed by atoms with Gasteiger partial charge in [-0.1, -0.05) is 29.8 Å². The Morgan fingerprint density at radius 1 is 1.28 bits per heavy atom. The zero-order chi connectivity index (χ0) is 18.2. The Kier molecular flexibility index (Phi) is 7.59. The van der Waals surface area contributed by atoms with Crippen molar-refractivity contribution in [1.29, 1.82) is 0 Å². The minimum atomic E-state index is -0.344. The number of carbonyl (C=O) groups is 1. The van der Waals surface area contributed by atoms with E-state index in [1.807, 2.05) is 38.1 Å². The highest BCUT2D eigenvalue weighted by Crippen LogP contribution is 2.24. The molecule has 1 atom stereocenters. The van der Waals surface area contributed by atoms with Crippen LogP contribution in [0.3, 0.4) is 0 Å². The molecule has 0 bridgehead atoms. The highest BCUT2D eigenvalue weighted by molar-refractivity contribution is 7.99. The quantitative estimate of drug-likeness (QED) is 0.700. The highest BCUT2D eigenvalue weighted by Gasteiger charge is 2.12. The molecule has 0 aliphatic carbocycles. The molecular weight excluding hydrogens is 361 g/mol. The second kappa shape index (κ2) is 9.68. The van der Waals surface area contributed by atoms with Gasteiger partial charge in [-0.25, -0.2) is 4.39 Å². The average molecular weight is 382 g/mol. The topological polar surface area (TPSA) is 38.3 Å². The van der Waals surface area contributed by atoms with Crippen molar-refractivity contribution in [3.05, 3.63) is 64.4 Å². The first-order valence-electron chi connectivity index (χ1n) is 8.04. The summed E-state index contributed by atoms with van der Waals surface area (Å²) in [5, 5.41) is 3.32. The minimum Gasteiger partial charge on any atom is -0.494 e. The lowest BCUT2D eigenvalue weighted by Crippen LogP contribution is -2.28. The molecule has 0 aliphatic rings. The van der Waals surface area contributed by atoms with Gasteiger partial charge in [-0.2, -0.15) is 0 Å². The summed E-state index contributed by atoms with van der Waals surface area (Å²) < 4.78 is 19.1. The van der Waals surface area contributed by atoms with E-state index in [1.165, 1.54) is 17.8 Å². The standard InChI is InChI=1S/C19H21ClFNO2S/c1-3-24-15-9-7-14(8-10-15)13(2)22-19(23)12-25-11-16-17(20)5-4-6-18(16)21/h4-10,13H,3,11-12H2,1-2H3,(H,22,23)/t13-/m0/s1. The van der Waals surface area contributed by atoms with Crippen LogP contribution in [0.15, 0.2) is 42.5 Å². The van der Waals surface area contributed by atoms with E-state index >= 15 is 0 Å². The van der Waals surface area contributed by atoms with Crippen LogP contribution >= 0.6 is 23.4 Å². The van der Waals surface area contributed by atoms with Gasteiger partial charge >= 0.3 is 0 Å². The molecule has 0 heterocycles. The molecule has 0 saturated carbocycles. The van der Waals surface area contributed by atoms with E-state index in [0.717, 1.165) is 11.3 Å². The van der Waals surface area contributed by atoms with Crippen molar-refractivity contribution in [3.8, 4) is 5.75 Å². The number of thioether (sulfide) groups is 1. The SMILES string of the molecule is CCOc1ccc([C@H](C)NC(=O)CSCc2c(F)cccc2Cl)cc1. The van der Waals surface area contributed by atoms with E-state index in [1.54, 1.807) is 12.1 Å². The molecule has 1 N–H and O–H groups in total. The molecule has 2 aromatic rings. The Bertz CT molecular complexity index is 689. The monoisotopic (exact) mass is 381 g/mol. The van der Waals surface area contributed by atoms with Crippen molar-refractivity contribution in [3.63, 3.8) is 0 Å². The molecule has 0 unspecified atom stereocenters. The zero-order valence-corrected chi connectivity index (χ0v) is 15.8. The molecule has 0 fully saturated rings. The van der Waals surface area contributed by atoms with Gasteiger partial charge < -0.3 is 10.1 Å². The lowest BCUT2D eigenvalue weighted by atomic mass is 10.1. The number of amides is 1. The van der Waals surface area contributed by atoms with Gasteiger partial charge in [-0.3, -0.25) is 4.79 Å². The van der Waals surface area contributed by atoms with Crippen molar-refractivity contribution in [2.24, 2.45) is 0 Å². The predicted octanol–water partition coefficient (Wildman–Crippen LogP) is 4.99. The first-order valence-corrected chi connectivity index (χ1v) is 9.57. The molecule has 2 aromatic carbocycles. The Labute approximate surface area is 156 Å². The summed E-state index contributed by atoms with van der Waals surface area (Å²) in [7, 11) is 0. The van der Waals surface area contributed by atoms with Crippen LogP contribution in [0, 0.1) is 5.82 Å². The molecule has 134 valence electrons. The smallest absolute Gasteiger partial charge is 0.230 e. The van der Waals surface area contributed by atoms with E-state index < -0.39 is 0 Å². The average Bonchev–Trinajstić information content (AvgIpc) is 2.58. The largest absolute Gasteiger partial charge is 0.494 e. The molecule has 2 rings (SSSR count). The Morgan fingerprint density at radius 3 is 2.64 bits per heavy atom. The van der Waals surface area contributed by atoms with Crippen LogP contribution in [0.1, 0.15) is 31.0 Å². The molecule has 25 heavy (non-hydrogen) atoms. The fourth-order valence-corrected chi connectivity index (χ4v) is 3.48. The van der Waals surface area contributed by atoms with Crippen LogP contribution < -0.4 is 10.1 Å². The zero-order valence-electron chi connectivity index (χ0n) is 14.2. The van der Waals surface area contributed by atoms with Gasteiger partial charge in [0.2, 0.25) is 5.91 Å². The fraction of sp³-hybridized carbons (Fsp3) is 0.316.